The van der Waals surface area contributed by atoms with Crippen molar-refractivity contribution >= 4 is 33.4 Å². The molecule has 1 fully saturated rings. The summed E-state index contributed by atoms with van der Waals surface area (Å²) in [5.74, 6) is 0.632. The molecule has 1 aliphatic carbocycles. The molecule has 1 atom stereocenters. The summed E-state index contributed by atoms with van der Waals surface area (Å²) < 4.78 is 0. The van der Waals surface area contributed by atoms with E-state index in [1.807, 2.05) is 24.4 Å². The normalized spacial score (nSPS) is 20.8. The topological polar surface area (TPSA) is 40.5 Å². The third-order valence-electron chi connectivity index (χ3n) is 6.34. The van der Waals surface area contributed by atoms with Gasteiger partial charge < -0.3 is 10.2 Å². The SMILES string of the molecule is ClC1=NC=CN2C1=C(c1ccc3ccc(-c4ccccc4)nc3c1)NC2C1CCC1. The number of hydrogen-bond acceptors (Lipinski definition) is 4. The summed E-state index contributed by atoms with van der Waals surface area (Å²) in [5.41, 5.74) is 6.17. The first-order valence-corrected chi connectivity index (χ1v) is 10.8. The maximum absolute atomic E-state index is 6.56. The molecule has 1 unspecified atom stereocenters. The van der Waals surface area contributed by atoms with Crippen molar-refractivity contribution in [3.8, 4) is 11.3 Å². The average molecular weight is 413 g/mol. The molecule has 148 valence electrons. The molecular weight excluding hydrogens is 392 g/mol. The fourth-order valence-electron chi connectivity index (χ4n) is 4.53. The van der Waals surface area contributed by atoms with Gasteiger partial charge >= 0.3 is 0 Å². The van der Waals surface area contributed by atoms with Gasteiger partial charge in [0.1, 0.15) is 11.9 Å². The molecular formula is C25H21ClN4. The van der Waals surface area contributed by atoms with Crippen LogP contribution in [0, 0.1) is 5.92 Å². The van der Waals surface area contributed by atoms with Crippen LogP contribution in [0.5, 0.6) is 0 Å². The monoisotopic (exact) mass is 412 g/mol. The maximum atomic E-state index is 6.56. The average Bonchev–Trinajstić information content (AvgIpc) is 3.13. The molecule has 30 heavy (non-hydrogen) atoms. The van der Waals surface area contributed by atoms with Crippen molar-refractivity contribution in [2.45, 2.75) is 25.4 Å². The minimum absolute atomic E-state index is 0.239. The molecule has 0 spiro atoms. The molecule has 5 heteroatoms. The second-order valence-corrected chi connectivity index (χ2v) is 8.46. The minimum Gasteiger partial charge on any atom is -0.362 e. The Balaban J connectivity index is 1.44. The van der Waals surface area contributed by atoms with Gasteiger partial charge in [0.05, 0.1) is 16.9 Å². The molecule has 1 aromatic heterocycles. The lowest BCUT2D eigenvalue weighted by molar-refractivity contribution is 0.164. The van der Waals surface area contributed by atoms with Gasteiger partial charge in [0.25, 0.3) is 0 Å². The van der Waals surface area contributed by atoms with Crippen LogP contribution in [-0.2, 0) is 0 Å². The number of fused-ring (bicyclic) bond motifs is 2. The smallest absolute Gasteiger partial charge is 0.154 e. The summed E-state index contributed by atoms with van der Waals surface area (Å²) in [4.78, 5) is 11.5. The van der Waals surface area contributed by atoms with Crippen molar-refractivity contribution in [2.24, 2.45) is 10.9 Å². The van der Waals surface area contributed by atoms with E-state index in [4.69, 9.17) is 16.6 Å². The van der Waals surface area contributed by atoms with Crippen molar-refractivity contribution in [3.63, 3.8) is 0 Å². The van der Waals surface area contributed by atoms with E-state index in [1.54, 1.807) is 6.20 Å². The van der Waals surface area contributed by atoms with Gasteiger partial charge in [0.2, 0.25) is 0 Å². The minimum atomic E-state index is 0.239. The molecule has 6 rings (SSSR count). The Kier molecular flexibility index (Phi) is 4.13. The summed E-state index contributed by atoms with van der Waals surface area (Å²) in [5, 5.41) is 5.41. The summed E-state index contributed by atoms with van der Waals surface area (Å²) in [6.07, 6.45) is 7.86. The van der Waals surface area contributed by atoms with E-state index in [1.165, 1.54) is 19.3 Å². The first-order chi connectivity index (χ1) is 14.8. The van der Waals surface area contributed by atoms with E-state index in [0.29, 0.717) is 11.1 Å². The molecule has 1 N–H and O–H groups in total. The van der Waals surface area contributed by atoms with Crippen LogP contribution in [0.25, 0.3) is 27.9 Å². The van der Waals surface area contributed by atoms with Gasteiger partial charge in [0, 0.05) is 28.9 Å². The molecule has 2 aliphatic heterocycles. The van der Waals surface area contributed by atoms with E-state index < -0.39 is 0 Å². The van der Waals surface area contributed by atoms with E-state index >= 15 is 0 Å². The highest BCUT2D eigenvalue weighted by Gasteiger charge is 2.40. The number of allylic oxidation sites excluding steroid dienone is 1. The lowest BCUT2D eigenvalue weighted by atomic mass is 9.82. The third kappa shape index (κ3) is 2.83. The molecule has 0 radical (unpaired) electrons. The fourth-order valence-corrected chi connectivity index (χ4v) is 4.77. The van der Waals surface area contributed by atoms with Crippen LogP contribution in [0.2, 0.25) is 0 Å². The number of aliphatic imine (C=N–C) groups is 1. The first-order valence-electron chi connectivity index (χ1n) is 10.4. The van der Waals surface area contributed by atoms with Crippen LogP contribution in [0.3, 0.4) is 0 Å². The Hall–Kier alpha value is -3.11. The zero-order valence-electron chi connectivity index (χ0n) is 16.4. The Labute approximate surface area is 180 Å². The van der Waals surface area contributed by atoms with E-state index in [2.05, 4.69) is 57.7 Å². The zero-order valence-corrected chi connectivity index (χ0v) is 17.2. The van der Waals surface area contributed by atoms with Gasteiger partial charge in [0.15, 0.2) is 5.17 Å². The number of pyridine rings is 1. The number of rotatable bonds is 3. The maximum Gasteiger partial charge on any atom is 0.154 e. The van der Waals surface area contributed by atoms with Gasteiger partial charge in [-0.25, -0.2) is 9.98 Å². The Bertz CT molecular complexity index is 1220. The van der Waals surface area contributed by atoms with Crippen molar-refractivity contribution in [2.75, 3.05) is 0 Å². The van der Waals surface area contributed by atoms with Gasteiger partial charge in [-0.3, -0.25) is 0 Å². The number of benzene rings is 2. The summed E-state index contributed by atoms with van der Waals surface area (Å²) in [6, 6.07) is 20.9. The molecule has 4 nitrogen and oxygen atoms in total. The second kappa shape index (κ2) is 6.99. The van der Waals surface area contributed by atoms with Crippen LogP contribution in [0.15, 0.2) is 83.8 Å². The molecule has 3 aromatic rings. The highest BCUT2D eigenvalue weighted by atomic mass is 35.5. The number of hydrogen-bond donors (Lipinski definition) is 1. The van der Waals surface area contributed by atoms with Crippen molar-refractivity contribution < 1.29 is 0 Å². The predicted octanol–water partition coefficient (Wildman–Crippen LogP) is 5.72. The molecule has 1 saturated carbocycles. The highest BCUT2D eigenvalue weighted by molar-refractivity contribution is 6.70. The number of aromatic nitrogens is 1. The molecule has 0 bridgehead atoms. The number of halogens is 1. The van der Waals surface area contributed by atoms with Crippen LogP contribution in [0.1, 0.15) is 24.8 Å². The highest BCUT2D eigenvalue weighted by Crippen LogP contribution is 2.40. The predicted molar refractivity (Wildman–Crippen MR) is 123 cm³/mol. The van der Waals surface area contributed by atoms with Gasteiger partial charge in [-0.15, -0.1) is 0 Å². The summed E-state index contributed by atoms with van der Waals surface area (Å²) in [6.45, 7) is 0. The number of nitrogens with zero attached hydrogens (tertiary/aromatic N) is 3. The molecule has 0 saturated heterocycles. The Morgan fingerprint density at radius 1 is 0.967 bits per heavy atom. The van der Waals surface area contributed by atoms with Crippen LogP contribution >= 0.6 is 11.6 Å². The number of nitrogens with one attached hydrogen (secondary N) is 1. The Morgan fingerprint density at radius 3 is 2.60 bits per heavy atom. The first kappa shape index (κ1) is 17.7. The van der Waals surface area contributed by atoms with Crippen molar-refractivity contribution in [3.05, 3.63) is 84.3 Å². The molecule has 0 amide bonds. The lowest BCUT2D eigenvalue weighted by Crippen LogP contribution is -2.44. The fraction of sp³-hybridized carbons (Fsp3) is 0.200. The van der Waals surface area contributed by atoms with Gasteiger partial charge in [-0.05, 0) is 30.9 Å². The largest absolute Gasteiger partial charge is 0.362 e. The third-order valence-corrected chi connectivity index (χ3v) is 6.62. The summed E-state index contributed by atoms with van der Waals surface area (Å²) >= 11 is 6.56. The molecule has 2 aromatic carbocycles. The van der Waals surface area contributed by atoms with Crippen LogP contribution in [0.4, 0.5) is 0 Å². The zero-order chi connectivity index (χ0) is 20.1. The molecule has 3 aliphatic rings. The summed E-state index contributed by atoms with van der Waals surface area (Å²) in [7, 11) is 0. The van der Waals surface area contributed by atoms with Crippen LogP contribution < -0.4 is 5.32 Å². The standard InChI is InChI=1S/C25H21ClN4/c26-24-23-22(29-25(18-7-4-8-18)30(23)14-13-27-24)19-10-9-17-11-12-20(28-21(17)15-19)16-5-2-1-3-6-16/h1-3,5-6,9-15,18,25,29H,4,7-8H2. The quantitative estimate of drug-likeness (QED) is 0.597. The van der Waals surface area contributed by atoms with Gasteiger partial charge in [-0.2, -0.15) is 0 Å². The Morgan fingerprint density at radius 2 is 1.80 bits per heavy atom. The lowest BCUT2D eigenvalue weighted by Gasteiger charge is -2.37. The molecule has 3 heterocycles. The second-order valence-electron chi connectivity index (χ2n) is 8.10. The van der Waals surface area contributed by atoms with E-state index in [0.717, 1.165) is 39.1 Å². The van der Waals surface area contributed by atoms with Crippen molar-refractivity contribution in [1.82, 2.24) is 15.2 Å². The van der Waals surface area contributed by atoms with Gasteiger partial charge in [-0.1, -0.05) is 66.6 Å². The van der Waals surface area contributed by atoms with Crippen molar-refractivity contribution in [1.29, 1.82) is 0 Å². The van der Waals surface area contributed by atoms with Crippen LogP contribution in [-0.4, -0.2) is 21.2 Å². The van der Waals surface area contributed by atoms with E-state index in [-0.39, 0.29) is 6.17 Å². The van der Waals surface area contributed by atoms with E-state index in [9.17, 15) is 0 Å².